The van der Waals surface area contributed by atoms with Crippen LogP contribution >= 0.6 is 0 Å². The first kappa shape index (κ1) is 9.98. The van der Waals surface area contributed by atoms with E-state index in [0.29, 0.717) is 19.5 Å². The van der Waals surface area contributed by atoms with Crippen molar-refractivity contribution in [2.75, 3.05) is 27.4 Å². The second-order valence-corrected chi connectivity index (χ2v) is 2.88. The minimum absolute atomic E-state index is 0.0243. The van der Waals surface area contributed by atoms with Gasteiger partial charge in [-0.15, -0.1) is 0 Å². The van der Waals surface area contributed by atoms with E-state index in [4.69, 9.17) is 17.3 Å². The summed E-state index contributed by atoms with van der Waals surface area (Å²) in [4.78, 5) is 0. The van der Waals surface area contributed by atoms with E-state index in [0.717, 1.165) is 0 Å². The monoisotopic (exact) mass is 142 g/mol. The Kier molecular flexibility index (Phi) is 4.74. The Morgan fingerprint density at radius 3 is 1.80 bits per heavy atom. The molecule has 10 heavy (non-hydrogen) atoms. The molecule has 0 saturated heterocycles. The van der Waals surface area contributed by atoms with Crippen molar-refractivity contribution in [2.24, 2.45) is 5.41 Å². The predicted octanol–water partition coefficient (Wildman–Crippen LogP) is 0.872. The molecule has 0 aromatic carbocycles. The van der Waals surface area contributed by atoms with Crippen LogP contribution in [0.4, 0.5) is 0 Å². The Balaban J connectivity index is 3.69. The standard InChI is InChI=1S/C7H15BO2/c1-7(4-8,5-9-2)6-10-3/h4-6H2,1-3H3. The molecule has 0 saturated carbocycles. The Hall–Kier alpha value is -0.0151. The zero-order valence-corrected chi connectivity index (χ0v) is 7.02. The summed E-state index contributed by atoms with van der Waals surface area (Å²) in [5.74, 6) is 0. The van der Waals surface area contributed by atoms with Gasteiger partial charge < -0.3 is 9.47 Å². The van der Waals surface area contributed by atoms with Gasteiger partial charge in [-0.05, 0) is 0 Å². The van der Waals surface area contributed by atoms with Crippen LogP contribution in [0.15, 0.2) is 0 Å². The minimum atomic E-state index is -0.0243. The van der Waals surface area contributed by atoms with Crippen LogP contribution in [0, 0.1) is 5.41 Å². The van der Waals surface area contributed by atoms with E-state index in [-0.39, 0.29) is 5.41 Å². The lowest BCUT2D eigenvalue weighted by Crippen LogP contribution is -2.27. The van der Waals surface area contributed by atoms with Crippen molar-refractivity contribution < 1.29 is 9.47 Å². The highest BCUT2D eigenvalue weighted by atomic mass is 16.5. The fraction of sp³-hybridized carbons (Fsp3) is 1.00. The molecular weight excluding hydrogens is 127 g/mol. The lowest BCUT2D eigenvalue weighted by molar-refractivity contribution is 0.0346. The Morgan fingerprint density at radius 2 is 1.60 bits per heavy atom. The maximum absolute atomic E-state index is 5.52. The summed E-state index contributed by atoms with van der Waals surface area (Å²) in [5, 5.41) is 0. The van der Waals surface area contributed by atoms with Gasteiger partial charge >= 0.3 is 0 Å². The van der Waals surface area contributed by atoms with Gasteiger partial charge in [-0.2, -0.15) is 0 Å². The summed E-state index contributed by atoms with van der Waals surface area (Å²) >= 11 is 0. The molecule has 0 aliphatic carbocycles. The molecule has 0 bridgehead atoms. The number of methoxy groups -OCH3 is 2. The van der Waals surface area contributed by atoms with Crippen molar-refractivity contribution in [1.29, 1.82) is 0 Å². The molecule has 3 heteroatoms. The van der Waals surface area contributed by atoms with Gasteiger partial charge in [0.1, 0.15) is 0 Å². The molecule has 58 valence electrons. The van der Waals surface area contributed by atoms with Crippen LogP contribution in [0.2, 0.25) is 6.32 Å². The third kappa shape index (κ3) is 3.23. The highest BCUT2D eigenvalue weighted by molar-refractivity contribution is 6.09. The van der Waals surface area contributed by atoms with Crippen molar-refractivity contribution in [1.82, 2.24) is 0 Å². The molecular formula is C7H15BO2. The molecule has 0 rings (SSSR count). The second kappa shape index (κ2) is 4.75. The maximum atomic E-state index is 5.52. The topological polar surface area (TPSA) is 18.5 Å². The summed E-state index contributed by atoms with van der Waals surface area (Å²) in [6.07, 6.45) is 0.592. The van der Waals surface area contributed by atoms with E-state index >= 15 is 0 Å². The highest BCUT2D eigenvalue weighted by Crippen LogP contribution is 2.20. The van der Waals surface area contributed by atoms with E-state index in [9.17, 15) is 0 Å². The SMILES string of the molecule is [B]CC(C)(COC)COC. The molecule has 0 aromatic rings. The van der Waals surface area contributed by atoms with Crippen molar-refractivity contribution in [2.45, 2.75) is 13.2 Å². The number of rotatable bonds is 5. The third-order valence-corrected chi connectivity index (χ3v) is 1.48. The zero-order chi connectivity index (χ0) is 8.04. The maximum Gasteiger partial charge on any atom is 0.0662 e. The van der Waals surface area contributed by atoms with Crippen LogP contribution in [0.1, 0.15) is 6.92 Å². The van der Waals surface area contributed by atoms with Crippen LogP contribution < -0.4 is 0 Å². The molecule has 0 aliphatic heterocycles. The van der Waals surface area contributed by atoms with Gasteiger partial charge in [0.25, 0.3) is 0 Å². The van der Waals surface area contributed by atoms with E-state index in [1.807, 2.05) is 6.92 Å². The number of ether oxygens (including phenoxy) is 2. The Bertz CT molecular complexity index is 79.7. The minimum Gasteiger partial charge on any atom is -0.384 e. The molecule has 0 N–H and O–H groups in total. The molecule has 0 spiro atoms. The second-order valence-electron chi connectivity index (χ2n) is 2.88. The van der Waals surface area contributed by atoms with Crippen molar-refractivity contribution in [3.8, 4) is 0 Å². The lowest BCUT2D eigenvalue weighted by atomic mass is 9.79. The molecule has 0 unspecified atom stereocenters. The van der Waals surface area contributed by atoms with Crippen molar-refractivity contribution in [3.05, 3.63) is 0 Å². The van der Waals surface area contributed by atoms with Crippen molar-refractivity contribution in [3.63, 3.8) is 0 Å². The molecule has 0 aliphatic rings. The van der Waals surface area contributed by atoms with Crippen LogP contribution in [-0.4, -0.2) is 35.3 Å². The normalized spacial score (nSPS) is 11.9. The van der Waals surface area contributed by atoms with Gasteiger partial charge in [0.15, 0.2) is 0 Å². The quantitative estimate of drug-likeness (QED) is 0.530. The number of hydrogen-bond donors (Lipinski definition) is 0. The molecule has 0 fully saturated rings. The largest absolute Gasteiger partial charge is 0.384 e. The van der Waals surface area contributed by atoms with Gasteiger partial charge in [-0.25, -0.2) is 0 Å². The van der Waals surface area contributed by atoms with E-state index < -0.39 is 0 Å². The average molecular weight is 142 g/mol. The summed E-state index contributed by atoms with van der Waals surface area (Å²) in [5.41, 5.74) is -0.0243. The molecule has 2 nitrogen and oxygen atoms in total. The van der Waals surface area contributed by atoms with Crippen LogP contribution in [0.5, 0.6) is 0 Å². The van der Waals surface area contributed by atoms with Gasteiger partial charge in [0.2, 0.25) is 0 Å². The third-order valence-electron chi connectivity index (χ3n) is 1.48. The highest BCUT2D eigenvalue weighted by Gasteiger charge is 2.20. The molecule has 0 heterocycles. The average Bonchev–Trinajstić information content (AvgIpc) is 1.89. The summed E-state index contributed by atoms with van der Waals surface area (Å²) in [7, 11) is 8.86. The van der Waals surface area contributed by atoms with E-state index in [2.05, 4.69) is 0 Å². The van der Waals surface area contributed by atoms with Gasteiger partial charge in [0.05, 0.1) is 21.1 Å². The summed E-state index contributed by atoms with van der Waals surface area (Å²) in [6, 6.07) is 0. The Labute approximate surface area is 64.3 Å². The summed E-state index contributed by atoms with van der Waals surface area (Å²) in [6.45, 7) is 3.34. The van der Waals surface area contributed by atoms with Crippen LogP contribution in [-0.2, 0) is 9.47 Å². The number of hydrogen-bond acceptors (Lipinski definition) is 2. The summed E-state index contributed by atoms with van der Waals surface area (Å²) < 4.78 is 9.98. The van der Waals surface area contributed by atoms with Gasteiger partial charge in [-0.1, -0.05) is 13.2 Å². The molecule has 0 amide bonds. The van der Waals surface area contributed by atoms with E-state index in [1.54, 1.807) is 14.2 Å². The fourth-order valence-electron chi connectivity index (χ4n) is 0.856. The first-order chi connectivity index (χ1) is 4.68. The Morgan fingerprint density at radius 1 is 1.20 bits per heavy atom. The first-order valence-electron chi connectivity index (χ1n) is 3.36. The molecule has 0 atom stereocenters. The molecule has 0 aromatic heterocycles. The first-order valence-corrected chi connectivity index (χ1v) is 3.36. The molecule has 2 radical (unpaired) electrons. The lowest BCUT2D eigenvalue weighted by Gasteiger charge is -2.26. The van der Waals surface area contributed by atoms with Gasteiger partial charge in [0, 0.05) is 19.6 Å². The fourth-order valence-corrected chi connectivity index (χ4v) is 0.856. The predicted molar refractivity (Wildman–Crippen MR) is 42.4 cm³/mol. The van der Waals surface area contributed by atoms with E-state index in [1.165, 1.54) is 0 Å². The van der Waals surface area contributed by atoms with Crippen LogP contribution in [0.25, 0.3) is 0 Å². The van der Waals surface area contributed by atoms with Gasteiger partial charge in [-0.3, -0.25) is 0 Å². The van der Waals surface area contributed by atoms with Crippen LogP contribution in [0.3, 0.4) is 0 Å². The smallest absolute Gasteiger partial charge is 0.0662 e. The zero-order valence-electron chi connectivity index (χ0n) is 7.02. The van der Waals surface area contributed by atoms with Crippen molar-refractivity contribution >= 4 is 7.85 Å².